The third-order valence-electron chi connectivity index (χ3n) is 3.53. The van der Waals surface area contributed by atoms with Crippen LogP contribution in [0.25, 0.3) is 0 Å². The largest absolute Gasteiger partial charge is 0.394 e. The van der Waals surface area contributed by atoms with E-state index < -0.39 is 0 Å². The number of ether oxygens (including phenoxy) is 1. The van der Waals surface area contributed by atoms with Crippen LogP contribution in [0.2, 0.25) is 0 Å². The first-order valence-corrected chi connectivity index (χ1v) is 6.29. The minimum absolute atomic E-state index is 0.361. The Morgan fingerprint density at radius 1 is 1.65 bits per heavy atom. The topological polar surface area (TPSA) is 65.1 Å². The predicted molar refractivity (Wildman–Crippen MR) is 69.0 cm³/mol. The van der Waals surface area contributed by atoms with Gasteiger partial charge in [-0.25, -0.2) is 0 Å². The van der Waals surface area contributed by atoms with Gasteiger partial charge in [0.2, 0.25) is 0 Å². The van der Waals surface area contributed by atoms with Crippen LogP contribution in [-0.2, 0) is 18.2 Å². The van der Waals surface area contributed by atoms with E-state index in [2.05, 4.69) is 24.3 Å². The van der Waals surface area contributed by atoms with Crippen LogP contribution < -0.4 is 11.1 Å². The summed E-state index contributed by atoms with van der Waals surface area (Å²) in [5.41, 5.74) is 7.83. The number of rotatable bonds is 4. The van der Waals surface area contributed by atoms with Crippen molar-refractivity contribution < 1.29 is 4.74 Å². The molecule has 17 heavy (non-hydrogen) atoms. The maximum absolute atomic E-state index is 6.08. The standard InChI is InChI=1S/C12H22N4O/c1-4-10-11(13)12(16(3)15-10)14-8(2)9-5-6-17-7-9/h8-9,14H,4-7,13H2,1-3H3. The van der Waals surface area contributed by atoms with Gasteiger partial charge in [0.1, 0.15) is 5.82 Å². The van der Waals surface area contributed by atoms with Crippen LogP contribution in [-0.4, -0.2) is 29.0 Å². The summed E-state index contributed by atoms with van der Waals surface area (Å²) in [6, 6.07) is 0.361. The van der Waals surface area contributed by atoms with Crippen molar-refractivity contribution in [3.05, 3.63) is 5.69 Å². The van der Waals surface area contributed by atoms with Crippen LogP contribution in [0.1, 0.15) is 26.0 Å². The minimum atomic E-state index is 0.361. The highest BCUT2D eigenvalue weighted by Gasteiger charge is 2.24. The molecule has 1 aliphatic rings. The summed E-state index contributed by atoms with van der Waals surface area (Å²) in [6.07, 6.45) is 1.98. The summed E-state index contributed by atoms with van der Waals surface area (Å²) >= 11 is 0. The van der Waals surface area contributed by atoms with Gasteiger partial charge < -0.3 is 15.8 Å². The lowest BCUT2D eigenvalue weighted by Gasteiger charge is -2.20. The lowest BCUT2D eigenvalue weighted by atomic mass is 10.0. The highest BCUT2D eigenvalue weighted by Crippen LogP contribution is 2.26. The van der Waals surface area contributed by atoms with E-state index in [1.165, 1.54) is 0 Å². The van der Waals surface area contributed by atoms with Gasteiger partial charge in [-0.2, -0.15) is 5.10 Å². The highest BCUT2D eigenvalue weighted by molar-refractivity contribution is 5.65. The molecule has 0 radical (unpaired) electrons. The van der Waals surface area contributed by atoms with Crippen LogP contribution in [0.3, 0.4) is 0 Å². The van der Waals surface area contributed by atoms with E-state index in [0.29, 0.717) is 12.0 Å². The average Bonchev–Trinajstić information content (AvgIpc) is 2.92. The van der Waals surface area contributed by atoms with Crippen molar-refractivity contribution in [2.24, 2.45) is 13.0 Å². The summed E-state index contributed by atoms with van der Waals surface area (Å²) in [7, 11) is 1.93. The minimum Gasteiger partial charge on any atom is -0.394 e. The fourth-order valence-corrected chi connectivity index (χ4v) is 2.31. The molecule has 96 valence electrons. The molecule has 0 aromatic carbocycles. The molecular formula is C12H22N4O. The summed E-state index contributed by atoms with van der Waals surface area (Å²) < 4.78 is 7.24. The monoisotopic (exact) mass is 238 g/mol. The molecule has 1 aromatic heterocycles. The Kier molecular flexibility index (Phi) is 3.57. The second kappa shape index (κ2) is 4.96. The molecule has 1 fully saturated rings. The molecule has 0 bridgehead atoms. The van der Waals surface area contributed by atoms with Crippen molar-refractivity contribution in [1.29, 1.82) is 0 Å². The number of hydrogen-bond donors (Lipinski definition) is 2. The molecule has 5 heteroatoms. The zero-order valence-electron chi connectivity index (χ0n) is 10.9. The predicted octanol–water partition coefficient (Wildman–Crippen LogP) is 1.40. The van der Waals surface area contributed by atoms with Gasteiger partial charge in [0.15, 0.2) is 0 Å². The molecular weight excluding hydrogens is 216 g/mol. The van der Waals surface area contributed by atoms with E-state index in [4.69, 9.17) is 10.5 Å². The van der Waals surface area contributed by atoms with Gasteiger partial charge in [-0.05, 0) is 19.8 Å². The lowest BCUT2D eigenvalue weighted by molar-refractivity contribution is 0.183. The van der Waals surface area contributed by atoms with Crippen molar-refractivity contribution in [2.75, 3.05) is 24.3 Å². The number of aromatic nitrogens is 2. The average molecular weight is 238 g/mol. The molecule has 5 nitrogen and oxygen atoms in total. The number of nitrogen functional groups attached to an aromatic ring is 1. The molecule has 2 atom stereocenters. The second-order valence-electron chi connectivity index (χ2n) is 4.74. The molecule has 0 amide bonds. The fraction of sp³-hybridized carbons (Fsp3) is 0.750. The van der Waals surface area contributed by atoms with Gasteiger partial charge >= 0.3 is 0 Å². The Balaban J connectivity index is 2.09. The van der Waals surface area contributed by atoms with Gasteiger partial charge in [-0.1, -0.05) is 6.92 Å². The first-order chi connectivity index (χ1) is 8.13. The van der Waals surface area contributed by atoms with Gasteiger partial charge in [0.25, 0.3) is 0 Å². The number of nitrogens with zero attached hydrogens (tertiary/aromatic N) is 2. The van der Waals surface area contributed by atoms with E-state index in [1.54, 1.807) is 0 Å². The van der Waals surface area contributed by atoms with Crippen LogP contribution >= 0.6 is 0 Å². The van der Waals surface area contributed by atoms with Crippen molar-refractivity contribution >= 4 is 11.5 Å². The van der Waals surface area contributed by atoms with E-state index in [9.17, 15) is 0 Å². The van der Waals surface area contributed by atoms with Gasteiger partial charge in [-0.3, -0.25) is 4.68 Å². The number of nitrogens with two attached hydrogens (primary N) is 1. The first kappa shape index (κ1) is 12.2. The van der Waals surface area contributed by atoms with Crippen molar-refractivity contribution in [1.82, 2.24) is 9.78 Å². The number of aryl methyl sites for hydroxylation is 2. The smallest absolute Gasteiger partial charge is 0.147 e. The Labute approximate surface area is 102 Å². The summed E-state index contributed by atoms with van der Waals surface area (Å²) in [4.78, 5) is 0. The SMILES string of the molecule is CCc1nn(C)c(NC(C)C2CCOC2)c1N. The van der Waals surface area contributed by atoms with Gasteiger partial charge in [0, 0.05) is 25.6 Å². The number of anilines is 2. The Hall–Kier alpha value is -1.23. The van der Waals surface area contributed by atoms with Crippen LogP contribution in [0.5, 0.6) is 0 Å². The Bertz CT molecular complexity index is 382. The quantitative estimate of drug-likeness (QED) is 0.832. The van der Waals surface area contributed by atoms with E-state index >= 15 is 0 Å². The molecule has 0 spiro atoms. The molecule has 0 saturated carbocycles. The summed E-state index contributed by atoms with van der Waals surface area (Å²) in [5.74, 6) is 1.50. The maximum Gasteiger partial charge on any atom is 0.147 e. The summed E-state index contributed by atoms with van der Waals surface area (Å²) in [5, 5.41) is 7.88. The normalized spacial score (nSPS) is 21.7. The van der Waals surface area contributed by atoms with Crippen LogP contribution in [0, 0.1) is 5.92 Å². The van der Waals surface area contributed by atoms with Crippen molar-refractivity contribution in [3.8, 4) is 0 Å². The molecule has 2 unspecified atom stereocenters. The summed E-state index contributed by atoms with van der Waals surface area (Å²) in [6.45, 7) is 5.96. The van der Waals surface area contributed by atoms with E-state index in [-0.39, 0.29) is 0 Å². The third-order valence-corrected chi connectivity index (χ3v) is 3.53. The third kappa shape index (κ3) is 2.39. The zero-order chi connectivity index (χ0) is 12.4. The molecule has 2 heterocycles. The van der Waals surface area contributed by atoms with Crippen molar-refractivity contribution in [2.45, 2.75) is 32.7 Å². The molecule has 2 rings (SSSR count). The van der Waals surface area contributed by atoms with Gasteiger partial charge in [-0.15, -0.1) is 0 Å². The fourth-order valence-electron chi connectivity index (χ4n) is 2.31. The molecule has 3 N–H and O–H groups in total. The van der Waals surface area contributed by atoms with Crippen molar-refractivity contribution in [3.63, 3.8) is 0 Å². The molecule has 0 aliphatic carbocycles. The Morgan fingerprint density at radius 2 is 2.41 bits per heavy atom. The second-order valence-corrected chi connectivity index (χ2v) is 4.74. The molecule has 1 aromatic rings. The Morgan fingerprint density at radius 3 is 2.94 bits per heavy atom. The molecule has 1 aliphatic heterocycles. The molecule has 1 saturated heterocycles. The van der Waals surface area contributed by atoms with Gasteiger partial charge in [0.05, 0.1) is 18.0 Å². The van der Waals surface area contributed by atoms with E-state index in [1.807, 2.05) is 11.7 Å². The first-order valence-electron chi connectivity index (χ1n) is 6.29. The number of nitrogens with one attached hydrogen (secondary N) is 1. The maximum atomic E-state index is 6.08. The van der Waals surface area contributed by atoms with E-state index in [0.717, 1.165) is 43.3 Å². The van der Waals surface area contributed by atoms with Crippen LogP contribution in [0.15, 0.2) is 0 Å². The highest BCUT2D eigenvalue weighted by atomic mass is 16.5. The van der Waals surface area contributed by atoms with Crippen LogP contribution in [0.4, 0.5) is 11.5 Å². The zero-order valence-corrected chi connectivity index (χ0v) is 10.9. The number of hydrogen-bond acceptors (Lipinski definition) is 4. The lowest BCUT2D eigenvalue weighted by Crippen LogP contribution is -2.27.